The molecule has 0 N–H and O–H groups in total. The fourth-order valence-corrected chi connectivity index (χ4v) is 3.55. The van der Waals surface area contributed by atoms with E-state index in [0.29, 0.717) is 11.6 Å². The average molecular weight is 355 g/mol. The molecule has 0 aromatic heterocycles. The van der Waals surface area contributed by atoms with E-state index in [9.17, 15) is 4.79 Å². The van der Waals surface area contributed by atoms with Crippen LogP contribution in [0.2, 0.25) is 0 Å². The molecule has 1 aliphatic rings. The summed E-state index contributed by atoms with van der Waals surface area (Å²) in [5, 5.41) is 0. The minimum Gasteiger partial charge on any atom is -0.493 e. The van der Waals surface area contributed by atoms with Crippen molar-refractivity contribution in [3.05, 3.63) is 59.2 Å². The van der Waals surface area contributed by atoms with Crippen LogP contribution in [-0.4, -0.2) is 38.7 Å². The van der Waals surface area contributed by atoms with E-state index in [4.69, 9.17) is 14.2 Å². The van der Waals surface area contributed by atoms with Crippen molar-refractivity contribution in [2.24, 2.45) is 0 Å². The molecule has 0 aliphatic carbocycles. The Morgan fingerprint density at radius 3 is 2.42 bits per heavy atom. The highest BCUT2D eigenvalue weighted by atomic mass is 16.5. The molecule has 1 saturated heterocycles. The van der Waals surface area contributed by atoms with Gasteiger partial charge in [-0.25, -0.2) is 4.79 Å². The highest BCUT2D eigenvalue weighted by Gasteiger charge is 2.26. The highest BCUT2D eigenvalue weighted by Crippen LogP contribution is 2.37. The first-order valence-corrected chi connectivity index (χ1v) is 8.79. The Kier molecular flexibility index (Phi) is 5.78. The van der Waals surface area contributed by atoms with Crippen molar-refractivity contribution in [1.29, 1.82) is 0 Å². The number of carbonyl (C=O) groups excluding carboxylic acids is 1. The van der Waals surface area contributed by atoms with Crippen molar-refractivity contribution in [2.75, 3.05) is 27.9 Å². The van der Waals surface area contributed by atoms with Crippen LogP contribution < -0.4 is 9.47 Å². The molecule has 1 heterocycles. The minimum atomic E-state index is -0.305. The third-order valence-corrected chi connectivity index (χ3v) is 4.92. The van der Waals surface area contributed by atoms with E-state index in [1.807, 2.05) is 30.3 Å². The van der Waals surface area contributed by atoms with Gasteiger partial charge in [-0.05, 0) is 54.8 Å². The molecule has 0 radical (unpaired) electrons. The second-order valence-corrected chi connectivity index (χ2v) is 6.43. The number of carbonyl (C=O) groups is 1. The number of ether oxygens (including phenoxy) is 3. The molecule has 0 bridgehead atoms. The lowest BCUT2D eigenvalue weighted by molar-refractivity contribution is 0.0600. The van der Waals surface area contributed by atoms with Crippen molar-refractivity contribution in [1.82, 2.24) is 4.90 Å². The minimum absolute atomic E-state index is 0.305. The van der Waals surface area contributed by atoms with Gasteiger partial charge in [-0.3, -0.25) is 4.90 Å². The second kappa shape index (κ2) is 8.23. The fourth-order valence-electron chi connectivity index (χ4n) is 3.55. The number of rotatable bonds is 6. The zero-order valence-electron chi connectivity index (χ0n) is 15.5. The van der Waals surface area contributed by atoms with Gasteiger partial charge in [0.25, 0.3) is 0 Å². The van der Waals surface area contributed by atoms with E-state index < -0.39 is 0 Å². The Labute approximate surface area is 154 Å². The summed E-state index contributed by atoms with van der Waals surface area (Å²) in [5.74, 6) is 1.21. The summed E-state index contributed by atoms with van der Waals surface area (Å²) in [4.78, 5) is 14.0. The molecule has 26 heavy (non-hydrogen) atoms. The van der Waals surface area contributed by atoms with Crippen LogP contribution in [0.4, 0.5) is 0 Å². The van der Waals surface area contributed by atoms with Crippen molar-refractivity contribution in [2.45, 2.75) is 25.4 Å². The van der Waals surface area contributed by atoms with Crippen LogP contribution in [0.5, 0.6) is 11.5 Å². The Morgan fingerprint density at radius 1 is 1.04 bits per heavy atom. The summed E-state index contributed by atoms with van der Waals surface area (Å²) in [6, 6.07) is 14.1. The first-order valence-electron chi connectivity index (χ1n) is 8.79. The Morgan fingerprint density at radius 2 is 1.77 bits per heavy atom. The van der Waals surface area contributed by atoms with Crippen molar-refractivity contribution >= 4 is 5.97 Å². The van der Waals surface area contributed by atoms with Gasteiger partial charge in [-0.2, -0.15) is 0 Å². The lowest BCUT2D eigenvalue weighted by atomic mass is 10.0. The van der Waals surface area contributed by atoms with Crippen molar-refractivity contribution in [3.63, 3.8) is 0 Å². The van der Waals surface area contributed by atoms with Crippen LogP contribution >= 0.6 is 0 Å². The summed E-state index contributed by atoms with van der Waals surface area (Å²) >= 11 is 0. The van der Waals surface area contributed by atoms with Gasteiger partial charge in [-0.15, -0.1) is 0 Å². The number of esters is 1. The highest BCUT2D eigenvalue weighted by molar-refractivity contribution is 5.89. The topological polar surface area (TPSA) is 48.0 Å². The smallest absolute Gasteiger partial charge is 0.337 e. The normalized spacial score (nSPS) is 17.1. The Hall–Kier alpha value is -2.53. The van der Waals surface area contributed by atoms with Crippen LogP contribution in [0.25, 0.3) is 0 Å². The largest absolute Gasteiger partial charge is 0.493 e. The Balaban J connectivity index is 1.75. The second-order valence-electron chi connectivity index (χ2n) is 6.43. The van der Waals surface area contributed by atoms with E-state index >= 15 is 0 Å². The number of methoxy groups -OCH3 is 3. The first kappa shape index (κ1) is 18.3. The summed E-state index contributed by atoms with van der Waals surface area (Å²) in [7, 11) is 4.71. The SMILES string of the molecule is COC(=O)c1ccc(CN2CCCC2c2ccc(OC)c(OC)c2)cc1. The molecule has 1 unspecified atom stereocenters. The van der Waals surface area contributed by atoms with Crippen molar-refractivity contribution in [3.8, 4) is 11.5 Å². The Bertz CT molecular complexity index is 757. The molecular formula is C21H25NO4. The van der Waals surface area contributed by atoms with Gasteiger partial charge in [0, 0.05) is 12.6 Å². The molecule has 5 nitrogen and oxygen atoms in total. The lowest BCUT2D eigenvalue weighted by Gasteiger charge is -2.25. The lowest BCUT2D eigenvalue weighted by Crippen LogP contribution is -2.22. The molecule has 0 saturated carbocycles. The maximum Gasteiger partial charge on any atom is 0.337 e. The number of benzene rings is 2. The van der Waals surface area contributed by atoms with Crippen LogP contribution in [0.15, 0.2) is 42.5 Å². The molecule has 5 heteroatoms. The van der Waals surface area contributed by atoms with E-state index in [2.05, 4.69) is 17.0 Å². The molecule has 1 atom stereocenters. The number of likely N-dealkylation sites (tertiary alicyclic amines) is 1. The molecule has 0 amide bonds. The summed E-state index contributed by atoms with van der Waals surface area (Å²) in [5.41, 5.74) is 3.01. The monoisotopic (exact) mass is 355 g/mol. The molecule has 1 aliphatic heterocycles. The maximum absolute atomic E-state index is 11.6. The summed E-state index contributed by atoms with van der Waals surface area (Å²) in [6.07, 6.45) is 2.29. The summed E-state index contributed by atoms with van der Waals surface area (Å²) in [6.45, 7) is 1.90. The van der Waals surface area contributed by atoms with Gasteiger partial charge in [0.2, 0.25) is 0 Å². The first-order chi connectivity index (χ1) is 12.7. The van der Waals surface area contributed by atoms with Crippen molar-refractivity contribution < 1.29 is 19.0 Å². The summed E-state index contributed by atoms with van der Waals surface area (Å²) < 4.78 is 15.5. The van der Waals surface area contributed by atoms with E-state index in [1.54, 1.807) is 14.2 Å². The fraction of sp³-hybridized carbons (Fsp3) is 0.381. The molecule has 0 spiro atoms. The van der Waals surface area contributed by atoms with Gasteiger partial charge < -0.3 is 14.2 Å². The van der Waals surface area contributed by atoms with Crippen LogP contribution in [0.1, 0.15) is 40.4 Å². The maximum atomic E-state index is 11.6. The zero-order valence-corrected chi connectivity index (χ0v) is 15.5. The van der Waals surface area contributed by atoms with Gasteiger partial charge in [0.05, 0.1) is 26.9 Å². The molecular weight excluding hydrogens is 330 g/mol. The van der Waals surface area contributed by atoms with Crippen LogP contribution in [0.3, 0.4) is 0 Å². The zero-order chi connectivity index (χ0) is 18.5. The average Bonchev–Trinajstić information content (AvgIpc) is 3.15. The number of hydrogen-bond acceptors (Lipinski definition) is 5. The predicted molar refractivity (Wildman–Crippen MR) is 99.7 cm³/mol. The van der Waals surface area contributed by atoms with Gasteiger partial charge in [0.1, 0.15) is 0 Å². The quantitative estimate of drug-likeness (QED) is 0.737. The van der Waals surface area contributed by atoms with E-state index in [-0.39, 0.29) is 5.97 Å². The van der Waals surface area contributed by atoms with Crippen LogP contribution in [-0.2, 0) is 11.3 Å². The third-order valence-electron chi connectivity index (χ3n) is 4.92. The van der Waals surface area contributed by atoms with E-state index in [1.165, 1.54) is 24.7 Å². The molecule has 3 rings (SSSR count). The van der Waals surface area contributed by atoms with Gasteiger partial charge in [0.15, 0.2) is 11.5 Å². The standard InChI is InChI=1S/C21H25NO4/c1-24-19-11-10-17(13-20(19)25-2)18-5-4-12-22(18)14-15-6-8-16(9-7-15)21(23)26-3/h6-11,13,18H,4-5,12,14H2,1-3H3. The molecule has 138 valence electrons. The predicted octanol–water partition coefficient (Wildman–Crippen LogP) is 3.83. The van der Waals surface area contributed by atoms with Gasteiger partial charge >= 0.3 is 5.97 Å². The van der Waals surface area contributed by atoms with Gasteiger partial charge in [-0.1, -0.05) is 18.2 Å². The van der Waals surface area contributed by atoms with E-state index in [0.717, 1.165) is 31.0 Å². The number of hydrogen-bond donors (Lipinski definition) is 0. The molecule has 1 fully saturated rings. The molecule has 2 aromatic rings. The molecule has 2 aromatic carbocycles. The third kappa shape index (κ3) is 3.83. The number of nitrogens with zero attached hydrogens (tertiary/aromatic N) is 1. The van der Waals surface area contributed by atoms with Crippen LogP contribution in [0, 0.1) is 0 Å².